The summed E-state index contributed by atoms with van der Waals surface area (Å²) in [6.07, 6.45) is 1.72. The summed E-state index contributed by atoms with van der Waals surface area (Å²) in [6, 6.07) is 5.26. The molecule has 5 nitrogen and oxygen atoms in total. The molecule has 0 atom stereocenters. The average Bonchev–Trinajstić information content (AvgIpc) is 2.71. The van der Waals surface area contributed by atoms with Gasteiger partial charge in [-0.05, 0) is 39.0 Å². The van der Waals surface area contributed by atoms with E-state index in [-0.39, 0.29) is 5.91 Å². The molecule has 0 aliphatic heterocycles. The van der Waals surface area contributed by atoms with E-state index in [0.29, 0.717) is 17.8 Å². The lowest BCUT2D eigenvalue weighted by atomic mass is 10.1. The molecule has 1 aromatic carbocycles. The standard InChI is InChI=1S/C14H18N4O/c1-4-16-14(19)11-5-6-12(15)13(7-11)18-8-17-9(2)10(18)3/h5-8H,4,15H2,1-3H3,(H,16,19). The first kappa shape index (κ1) is 13.1. The van der Waals surface area contributed by atoms with Gasteiger partial charge in [-0.25, -0.2) is 4.98 Å². The summed E-state index contributed by atoms with van der Waals surface area (Å²) in [6.45, 7) is 6.40. The van der Waals surface area contributed by atoms with Crippen LogP contribution >= 0.6 is 0 Å². The number of carbonyl (C=O) groups excluding carboxylic acids is 1. The van der Waals surface area contributed by atoms with Crippen LogP contribution in [0.15, 0.2) is 24.5 Å². The summed E-state index contributed by atoms with van der Waals surface area (Å²) in [5, 5.41) is 2.78. The van der Waals surface area contributed by atoms with Crippen LogP contribution in [0.1, 0.15) is 28.7 Å². The van der Waals surface area contributed by atoms with Crippen LogP contribution in [0.5, 0.6) is 0 Å². The second-order valence-corrected chi connectivity index (χ2v) is 4.42. The first-order valence-corrected chi connectivity index (χ1v) is 6.23. The minimum atomic E-state index is -0.0989. The van der Waals surface area contributed by atoms with Crippen molar-refractivity contribution in [2.75, 3.05) is 12.3 Å². The van der Waals surface area contributed by atoms with Crippen molar-refractivity contribution in [3.05, 3.63) is 41.5 Å². The lowest BCUT2D eigenvalue weighted by molar-refractivity contribution is 0.0956. The number of nitrogens with one attached hydrogen (secondary N) is 1. The fourth-order valence-corrected chi connectivity index (χ4v) is 1.90. The van der Waals surface area contributed by atoms with Crippen molar-refractivity contribution >= 4 is 11.6 Å². The molecule has 0 saturated heterocycles. The topological polar surface area (TPSA) is 72.9 Å². The molecular formula is C14H18N4O. The van der Waals surface area contributed by atoms with Crippen molar-refractivity contribution in [2.45, 2.75) is 20.8 Å². The van der Waals surface area contributed by atoms with Gasteiger partial charge in [0.05, 0.1) is 23.4 Å². The number of hydrogen-bond donors (Lipinski definition) is 2. The highest BCUT2D eigenvalue weighted by molar-refractivity contribution is 5.95. The lowest BCUT2D eigenvalue weighted by Crippen LogP contribution is -2.22. The number of nitrogens with two attached hydrogens (primary N) is 1. The molecule has 0 saturated carbocycles. The zero-order chi connectivity index (χ0) is 14.0. The maximum absolute atomic E-state index is 11.9. The molecule has 0 unspecified atom stereocenters. The third-order valence-electron chi connectivity index (χ3n) is 3.14. The molecule has 2 rings (SSSR count). The van der Waals surface area contributed by atoms with E-state index < -0.39 is 0 Å². The summed E-state index contributed by atoms with van der Waals surface area (Å²) in [5.41, 5.74) is 9.95. The Morgan fingerprint density at radius 1 is 1.42 bits per heavy atom. The molecular weight excluding hydrogens is 240 g/mol. The van der Waals surface area contributed by atoms with Gasteiger partial charge in [-0.15, -0.1) is 0 Å². The zero-order valence-electron chi connectivity index (χ0n) is 11.4. The van der Waals surface area contributed by atoms with Crippen LogP contribution in [-0.2, 0) is 0 Å². The van der Waals surface area contributed by atoms with Crippen molar-refractivity contribution in [2.24, 2.45) is 0 Å². The Hall–Kier alpha value is -2.30. The Balaban J connectivity index is 2.48. The van der Waals surface area contributed by atoms with Crippen LogP contribution in [0.25, 0.3) is 5.69 Å². The first-order chi connectivity index (χ1) is 9.04. The second-order valence-electron chi connectivity index (χ2n) is 4.42. The number of aryl methyl sites for hydroxylation is 1. The molecule has 5 heteroatoms. The maximum Gasteiger partial charge on any atom is 0.251 e. The largest absolute Gasteiger partial charge is 0.397 e. The minimum Gasteiger partial charge on any atom is -0.397 e. The molecule has 0 radical (unpaired) electrons. The predicted octanol–water partition coefficient (Wildman–Crippen LogP) is 1.82. The van der Waals surface area contributed by atoms with E-state index in [1.54, 1.807) is 24.5 Å². The first-order valence-electron chi connectivity index (χ1n) is 6.23. The summed E-state index contributed by atoms with van der Waals surface area (Å²) in [4.78, 5) is 16.1. The number of aromatic nitrogens is 2. The number of amides is 1. The summed E-state index contributed by atoms with van der Waals surface area (Å²) in [7, 11) is 0. The van der Waals surface area contributed by atoms with Gasteiger partial charge < -0.3 is 15.6 Å². The Kier molecular flexibility index (Phi) is 3.55. The van der Waals surface area contributed by atoms with Crippen LogP contribution in [-0.4, -0.2) is 22.0 Å². The summed E-state index contributed by atoms with van der Waals surface area (Å²) in [5.74, 6) is -0.0989. The number of nitrogens with zero attached hydrogens (tertiary/aromatic N) is 2. The van der Waals surface area contributed by atoms with Gasteiger partial charge in [-0.1, -0.05) is 0 Å². The molecule has 1 amide bonds. The van der Waals surface area contributed by atoms with E-state index in [0.717, 1.165) is 17.1 Å². The van der Waals surface area contributed by atoms with Gasteiger partial charge >= 0.3 is 0 Å². The van der Waals surface area contributed by atoms with Crippen LogP contribution in [0.2, 0.25) is 0 Å². The van der Waals surface area contributed by atoms with E-state index in [9.17, 15) is 4.79 Å². The van der Waals surface area contributed by atoms with Crippen LogP contribution in [0.4, 0.5) is 5.69 Å². The van der Waals surface area contributed by atoms with Crippen molar-refractivity contribution in [3.8, 4) is 5.69 Å². The predicted molar refractivity (Wildman–Crippen MR) is 75.5 cm³/mol. The quantitative estimate of drug-likeness (QED) is 0.825. The molecule has 2 aromatic rings. The van der Waals surface area contributed by atoms with E-state index >= 15 is 0 Å². The van der Waals surface area contributed by atoms with E-state index in [2.05, 4.69) is 10.3 Å². The number of imidazole rings is 1. The van der Waals surface area contributed by atoms with Crippen LogP contribution < -0.4 is 11.1 Å². The molecule has 0 spiro atoms. The SMILES string of the molecule is CCNC(=O)c1ccc(N)c(-n2cnc(C)c2C)c1. The molecule has 0 fully saturated rings. The Bertz CT molecular complexity index is 616. The van der Waals surface area contributed by atoms with Crippen molar-refractivity contribution in [3.63, 3.8) is 0 Å². The van der Waals surface area contributed by atoms with Gasteiger partial charge in [-0.2, -0.15) is 0 Å². The van der Waals surface area contributed by atoms with Crippen molar-refractivity contribution in [1.82, 2.24) is 14.9 Å². The summed E-state index contributed by atoms with van der Waals surface area (Å²) < 4.78 is 1.90. The number of hydrogen-bond acceptors (Lipinski definition) is 3. The fourth-order valence-electron chi connectivity index (χ4n) is 1.90. The van der Waals surface area contributed by atoms with Gasteiger partial charge in [-0.3, -0.25) is 4.79 Å². The van der Waals surface area contributed by atoms with Crippen molar-refractivity contribution < 1.29 is 4.79 Å². The van der Waals surface area contributed by atoms with E-state index in [1.807, 2.05) is 25.3 Å². The number of carbonyl (C=O) groups is 1. The number of rotatable bonds is 3. The van der Waals surface area contributed by atoms with Gasteiger partial charge in [0.25, 0.3) is 5.91 Å². The molecule has 3 N–H and O–H groups in total. The Morgan fingerprint density at radius 3 is 2.74 bits per heavy atom. The molecule has 1 aromatic heterocycles. The van der Waals surface area contributed by atoms with E-state index in [1.165, 1.54) is 0 Å². The molecule has 0 bridgehead atoms. The third-order valence-corrected chi connectivity index (χ3v) is 3.14. The van der Waals surface area contributed by atoms with Crippen LogP contribution in [0.3, 0.4) is 0 Å². The third kappa shape index (κ3) is 2.45. The average molecular weight is 258 g/mol. The fraction of sp³-hybridized carbons (Fsp3) is 0.286. The Morgan fingerprint density at radius 2 is 2.16 bits per heavy atom. The summed E-state index contributed by atoms with van der Waals surface area (Å²) >= 11 is 0. The highest BCUT2D eigenvalue weighted by Crippen LogP contribution is 2.21. The number of nitrogen functional groups attached to an aromatic ring is 1. The normalized spacial score (nSPS) is 10.5. The van der Waals surface area contributed by atoms with Gasteiger partial charge in [0.1, 0.15) is 0 Å². The number of benzene rings is 1. The highest BCUT2D eigenvalue weighted by Gasteiger charge is 2.11. The molecule has 19 heavy (non-hydrogen) atoms. The monoisotopic (exact) mass is 258 g/mol. The van der Waals surface area contributed by atoms with Crippen molar-refractivity contribution in [1.29, 1.82) is 0 Å². The van der Waals surface area contributed by atoms with Gasteiger partial charge in [0.15, 0.2) is 0 Å². The van der Waals surface area contributed by atoms with Gasteiger partial charge in [0, 0.05) is 17.8 Å². The Labute approximate surface area is 112 Å². The molecule has 1 heterocycles. The number of anilines is 1. The van der Waals surface area contributed by atoms with E-state index in [4.69, 9.17) is 5.73 Å². The molecule has 100 valence electrons. The van der Waals surface area contributed by atoms with Crippen LogP contribution in [0, 0.1) is 13.8 Å². The smallest absolute Gasteiger partial charge is 0.251 e. The molecule has 0 aliphatic rings. The highest BCUT2D eigenvalue weighted by atomic mass is 16.1. The molecule has 0 aliphatic carbocycles. The second kappa shape index (κ2) is 5.14. The van der Waals surface area contributed by atoms with Gasteiger partial charge in [0.2, 0.25) is 0 Å². The lowest BCUT2D eigenvalue weighted by Gasteiger charge is -2.11. The minimum absolute atomic E-state index is 0.0989. The maximum atomic E-state index is 11.9. The zero-order valence-corrected chi connectivity index (χ0v) is 11.4.